The summed E-state index contributed by atoms with van der Waals surface area (Å²) in [5, 5.41) is 1.57. The molecule has 0 aliphatic rings. The number of hydrogen-bond donors (Lipinski definition) is 2. The molecule has 124 valence electrons. The standard InChI is InChI=1S/C14H16N2O6S/c1-8(17)16-10(12(15)18)7-23-14(20)22-11-6-4-3-5-9(11)13(19)21-2/h3-6,10H,7H2,1-2H3,(H2,15,18)(H,16,17). The first kappa shape index (κ1) is 18.5. The van der Waals surface area contributed by atoms with E-state index in [0.29, 0.717) is 11.8 Å². The molecular formula is C14H16N2O6S. The Morgan fingerprint density at radius 3 is 2.48 bits per heavy atom. The summed E-state index contributed by atoms with van der Waals surface area (Å²) < 4.78 is 9.65. The lowest BCUT2D eigenvalue weighted by atomic mass is 10.2. The number of nitrogens with two attached hydrogens (primary N) is 1. The molecule has 0 radical (unpaired) electrons. The summed E-state index contributed by atoms with van der Waals surface area (Å²) >= 11 is 0.649. The Balaban J connectivity index is 2.68. The van der Waals surface area contributed by atoms with Crippen molar-refractivity contribution in [3.63, 3.8) is 0 Å². The molecule has 0 saturated heterocycles. The molecule has 2 amide bonds. The van der Waals surface area contributed by atoms with Crippen molar-refractivity contribution in [2.75, 3.05) is 12.9 Å². The molecule has 0 aliphatic carbocycles. The lowest BCUT2D eigenvalue weighted by Gasteiger charge is -2.13. The van der Waals surface area contributed by atoms with Gasteiger partial charge in [-0.15, -0.1) is 0 Å². The van der Waals surface area contributed by atoms with Crippen LogP contribution in [0.2, 0.25) is 0 Å². The third-order valence-corrected chi connectivity index (χ3v) is 3.39. The Bertz CT molecular complexity index is 619. The van der Waals surface area contributed by atoms with E-state index in [4.69, 9.17) is 10.5 Å². The molecule has 3 N–H and O–H groups in total. The van der Waals surface area contributed by atoms with E-state index in [-0.39, 0.29) is 17.1 Å². The predicted molar refractivity (Wildman–Crippen MR) is 83.1 cm³/mol. The highest BCUT2D eigenvalue weighted by atomic mass is 32.2. The van der Waals surface area contributed by atoms with Crippen LogP contribution in [0, 0.1) is 0 Å². The molecule has 1 rings (SSSR count). The van der Waals surface area contributed by atoms with E-state index >= 15 is 0 Å². The average molecular weight is 340 g/mol. The fourth-order valence-corrected chi connectivity index (χ4v) is 2.24. The van der Waals surface area contributed by atoms with Crippen molar-refractivity contribution in [2.45, 2.75) is 13.0 Å². The van der Waals surface area contributed by atoms with Crippen LogP contribution in [0.5, 0.6) is 5.75 Å². The van der Waals surface area contributed by atoms with Crippen molar-refractivity contribution < 1.29 is 28.7 Å². The highest BCUT2D eigenvalue weighted by Gasteiger charge is 2.20. The van der Waals surface area contributed by atoms with E-state index in [2.05, 4.69) is 10.1 Å². The van der Waals surface area contributed by atoms with Crippen molar-refractivity contribution in [1.29, 1.82) is 0 Å². The molecule has 0 fully saturated rings. The first-order valence-corrected chi connectivity index (χ1v) is 7.42. The quantitative estimate of drug-likeness (QED) is 0.730. The SMILES string of the molecule is COC(=O)c1ccccc1OC(=O)SCC(NC(C)=O)C(N)=O. The van der Waals surface area contributed by atoms with E-state index in [9.17, 15) is 19.2 Å². The molecular weight excluding hydrogens is 324 g/mol. The van der Waals surface area contributed by atoms with Crippen molar-refractivity contribution in [3.8, 4) is 5.75 Å². The molecule has 1 aromatic carbocycles. The van der Waals surface area contributed by atoms with Crippen LogP contribution >= 0.6 is 11.8 Å². The van der Waals surface area contributed by atoms with E-state index < -0.39 is 29.1 Å². The van der Waals surface area contributed by atoms with Crippen molar-refractivity contribution >= 4 is 34.8 Å². The van der Waals surface area contributed by atoms with Gasteiger partial charge in [0.05, 0.1) is 7.11 Å². The number of thioether (sulfide) groups is 1. The smallest absolute Gasteiger partial charge is 0.372 e. The molecule has 0 spiro atoms. The highest BCUT2D eigenvalue weighted by Crippen LogP contribution is 2.21. The van der Waals surface area contributed by atoms with E-state index in [1.807, 2.05) is 0 Å². The number of amides is 2. The number of rotatable bonds is 6. The summed E-state index contributed by atoms with van der Waals surface area (Å²) in [7, 11) is 1.21. The fourth-order valence-electron chi connectivity index (χ4n) is 1.55. The predicted octanol–water partition coefficient (Wildman–Crippen LogP) is 0.695. The van der Waals surface area contributed by atoms with Crippen LogP contribution in [0.15, 0.2) is 24.3 Å². The molecule has 1 unspecified atom stereocenters. The Kier molecular flexibility index (Phi) is 7.07. The molecule has 9 heteroatoms. The normalized spacial score (nSPS) is 11.2. The zero-order valence-corrected chi connectivity index (χ0v) is 13.3. The number of nitrogens with one attached hydrogen (secondary N) is 1. The minimum Gasteiger partial charge on any atom is -0.465 e. The molecule has 0 bridgehead atoms. The van der Waals surface area contributed by atoms with Gasteiger partial charge in [-0.05, 0) is 23.9 Å². The zero-order chi connectivity index (χ0) is 17.4. The largest absolute Gasteiger partial charge is 0.465 e. The first-order valence-electron chi connectivity index (χ1n) is 6.43. The fraction of sp³-hybridized carbons (Fsp3) is 0.286. The summed E-state index contributed by atoms with van der Waals surface area (Å²) in [4.78, 5) is 45.5. The van der Waals surface area contributed by atoms with Gasteiger partial charge in [0.2, 0.25) is 11.8 Å². The molecule has 1 atom stereocenters. The van der Waals surface area contributed by atoms with Gasteiger partial charge >= 0.3 is 11.3 Å². The van der Waals surface area contributed by atoms with Crippen molar-refractivity contribution in [2.24, 2.45) is 5.73 Å². The summed E-state index contributed by atoms with van der Waals surface area (Å²) in [5.41, 5.74) is 5.22. The van der Waals surface area contributed by atoms with Gasteiger partial charge in [-0.2, -0.15) is 0 Å². The first-order chi connectivity index (χ1) is 10.8. The average Bonchev–Trinajstić information content (AvgIpc) is 2.50. The van der Waals surface area contributed by atoms with Crippen LogP contribution in [0.3, 0.4) is 0 Å². The molecule has 0 saturated carbocycles. The molecule has 0 aliphatic heterocycles. The Hall–Kier alpha value is -2.55. The van der Waals surface area contributed by atoms with Crippen LogP contribution < -0.4 is 15.8 Å². The van der Waals surface area contributed by atoms with Crippen LogP contribution in [0.1, 0.15) is 17.3 Å². The number of ether oxygens (including phenoxy) is 2. The molecule has 8 nitrogen and oxygen atoms in total. The van der Waals surface area contributed by atoms with Gasteiger partial charge < -0.3 is 20.5 Å². The second-order valence-corrected chi connectivity index (χ2v) is 5.26. The lowest BCUT2D eigenvalue weighted by molar-refractivity contribution is -0.125. The van der Waals surface area contributed by atoms with Crippen LogP contribution in [0.25, 0.3) is 0 Å². The minimum atomic E-state index is -0.999. The van der Waals surface area contributed by atoms with Crippen LogP contribution in [-0.2, 0) is 14.3 Å². The number of primary amides is 1. The number of benzene rings is 1. The van der Waals surface area contributed by atoms with Gasteiger partial charge in [0, 0.05) is 12.7 Å². The maximum atomic E-state index is 11.8. The number of carbonyl (C=O) groups is 4. The number of hydrogen-bond acceptors (Lipinski definition) is 7. The maximum Gasteiger partial charge on any atom is 0.372 e. The Morgan fingerprint density at radius 2 is 1.91 bits per heavy atom. The van der Waals surface area contributed by atoms with Gasteiger partial charge in [-0.25, -0.2) is 9.59 Å². The van der Waals surface area contributed by atoms with E-state index in [0.717, 1.165) is 0 Å². The second kappa shape index (κ2) is 8.79. The summed E-state index contributed by atoms with van der Waals surface area (Å²) in [6.45, 7) is 1.23. The second-order valence-electron chi connectivity index (χ2n) is 4.31. The van der Waals surface area contributed by atoms with Gasteiger partial charge in [0.15, 0.2) is 0 Å². The van der Waals surface area contributed by atoms with E-state index in [1.165, 1.54) is 26.2 Å². The topological polar surface area (TPSA) is 125 Å². The minimum absolute atomic E-state index is 0.0343. The van der Waals surface area contributed by atoms with Gasteiger partial charge in [0.1, 0.15) is 17.4 Å². The third-order valence-electron chi connectivity index (χ3n) is 2.57. The monoisotopic (exact) mass is 340 g/mol. The molecule has 0 aromatic heterocycles. The zero-order valence-electron chi connectivity index (χ0n) is 12.5. The summed E-state index contributed by atoms with van der Waals surface area (Å²) in [6, 6.07) is 5.06. The van der Waals surface area contributed by atoms with E-state index in [1.54, 1.807) is 12.1 Å². The summed E-state index contributed by atoms with van der Waals surface area (Å²) in [6.07, 6.45) is 0. The number of esters is 1. The molecule has 0 heterocycles. The maximum absolute atomic E-state index is 11.8. The van der Waals surface area contributed by atoms with Gasteiger partial charge in [-0.1, -0.05) is 12.1 Å². The lowest BCUT2D eigenvalue weighted by Crippen LogP contribution is -2.45. The van der Waals surface area contributed by atoms with Gasteiger partial charge in [0.25, 0.3) is 0 Å². The van der Waals surface area contributed by atoms with Crippen molar-refractivity contribution in [3.05, 3.63) is 29.8 Å². The number of methoxy groups -OCH3 is 1. The molecule has 23 heavy (non-hydrogen) atoms. The van der Waals surface area contributed by atoms with Crippen LogP contribution in [-0.4, -0.2) is 42.0 Å². The number of para-hydroxylation sites is 1. The highest BCUT2D eigenvalue weighted by molar-refractivity contribution is 8.13. The third kappa shape index (κ3) is 5.99. The Morgan fingerprint density at radius 1 is 1.26 bits per heavy atom. The summed E-state index contributed by atoms with van der Waals surface area (Å²) in [5.74, 6) is -1.92. The number of carbonyl (C=O) groups excluding carboxylic acids is 4. The van der Waals surface area contributed by atoms with Crippen molar-refractivity contribution in [1.82, 2.24) is 5.32 Å². The molecule has 1 aromatic rings. The van der Waals surface area contributed by atoms with Gasteiger partial charge in [-0.3, -0.25) is 9.59 Å². The Labute approximate surface area is 136 Å². The van der Waals surface area contributed by atoms with Crippen LogP contribution in [0.4, 0.5) is 4.79 Å².